The topological polar surface area (TPSA) is 43.2 Å². The van der Waals surface area contributed by atoms with E-state index in [-0.39, 0.29) is 0 Å². The average Bonchev–Trinajstić information content (AvgIpc) is 3.24. The molecule has 1 aliphatic rings. The van der Waals surface area contributed by atoms with Crippen molar-refractivity contribution in [3.8, 4) is 5.75 Å². The van der Waals surface area contributed by atoms with Crippen molar-refractivity contribution < 1.29 is 4.74 Å². The lowest BCUT2D eigenvalue weighted by molar-refractivity contribution is 0.288. The Morgan fingerprint density at radius 2 is 1.92 bits per heavy atom. The normalized spacial score (nSPS) is 15.1. The number of aromatic nitrogens is 3. The Morgan fingerprint density at radius 3 is 2.62 bits per heavy atom. The fourth-order valence-corrected chi connectivity index (χ4v) is 3.95. The van der Waals surface area contributed by atoms with E-state index in [2.05, 4.69) is 26.6 Å². The largest absolute Gasteiger partial charge is 0.486 e. The first-order chi connectivity index (χ1) is 11.8. The first-order valence-corrected chi connectivity index (χ1v) is 9.78. The number of benzene rings is 1. The van der Waals surface area contributed by atoms with Gasteiger partial charge >= 0.3 is 0 Å². The van der Waals surface area contributed by atoms with Gasteiger partial charge in [0.25, 0.3) is 0 Å². The highest BCUT2D eigenvalue weighted by atomic mass is 35.5. The number of hydrogen-bond donors (Lipinski definition) is 0. The highest BCUT2D eigenvalue weighted by Crippen LogP contribution is 2.20. The van der Waals surface area contributed by atoms with E-state index in [4.69, 9.17) is 16.3 Å². The van der Waals surface area contributed by atoms with E-state index in [9.17, 15) is 0 Å². The van der Waals surface area contributed by atoms with Crippen LogP contribution >= 0.6 is 23.4 Å². The van der Waals surface area contributed by atoms with Gasteiger partial charge in [-0.3, -0.25) is 0 Å². The zero-order valence-electron chi connectivity index (χ0n) is 13.9. The van der Waals surface area contributed by atoms with Crippen LogP contribution in [0.25, 0.3) is 0 Å². The predicted molar refractivity (Wildman–Crippen MR) is 97.9 cm³/mol. The minimum absolute atomic E-state index is 0.412. The number of likely N-dealkylation sites (tertiary alicyclic amines) is 1. The monoisotopic (exact) mass is 366 g/mol. The summed E-state index contributed by atoms with van der Waals surface area (Å²) in [4.78, 5) is 2.52. The van der Waals surface area contributed by atoms with Gasteiger partial charge in [0.2, 0.25) is 0 Å². The van der Waals surface area contributed by atoms with Gasteiger partial charge in [-0.25, -0.2) is 0 Å². The molecule has 0 spiro atoms. The molecular weight excluding hydrogens is 344 g/mol. The summed E-state index contributed by atoms with van der Waals surface area (Å²) in [6.45, 7) is 6.97. The Morgan fingerprint density at radius 1 is 1.17 bits per heavy atom. The number of ether oxygens (including phenoxy) is 1. The summed E-state index contributed by atoms with van der Waals surface area (Å²) < 4.78 is 7.92. The molecule has 0 saturated carbocycles. The maximum atomic E-state index is 5.89. The Balaban J connectivity index is 1.53. The standard InChI is InChI=1S/C17H23ClN4OS/c1-2-22-16(13-23-15-7-5-14(18)6-8-15)19-20-17(22)24-12-11-21-9-3-4-10-21/h5-8H,2-4,9-13H2,1H3. The molecular formula is C17H23ClN4OS. The van der Waals surface area contributed by atoms with E-state index in [1.807, 2.05) is 24.3 Å². The van der Waals surface area contributed by atoms with E-state index in [0.29, 0.717) is 11.6 Å². The second-order valence-corrected chi connectivity index (χ2v) is 7.28. The zero-order chi connectivity index (χ0) is 16.8. The minimum atomic E-state index is 0.412. The smallest absolute Gasteiger partial charge is 0.191 e. The van der Waals surface area contributed by atoms with Crippen molar-refractivity contribution in [1.29, 1.82) is 0 Å². The third-order valence-corrected chi connectivity index (χ3v) is 5.33. The number of thioether (sulfide) groups is 1. The van der Waals surface area contributed by atoms with Gasteiger partial charge in [-0.1, -0.05) is 23.4 Å². The first-order valence-electron chi connectivity index (χ1n) is 8.42. The molecule has 1 fully saturated rings. The summed E-state index contributed by atoms with van der Waals surface area (Å²) in [6, 6.07) is 7.36. The first kappa shape index (κ1) is 17.6. The SMILES string of the molecule is CCn1c(COc2ccc(Cl)cc2)nnc1SCCN1CCCC1. The van der Waals surface area contributed by atoms with Gasteiger partial charge in [-0.2, -0.15) is 0 Å². The highest BCUT2D eigenvalue weighted by Gasteiger charge is 2.14. The van der Waals surface area contributed by atoms with Crippen LogP contribution in [-0.2, 0) is 13.2 Å². The van der Waals surface area contributed by atoms with Gasteiger partial charge in [0.15, 0.2) is 11.0 Å². The van der Waals surface area contributed by atoms with Crippen LogP contribution in [0.3, 0.4) is 0 Å². The molecule has 7 heteroatoms. The highest BCUT2D eigenvalue weighted by molar-refractivity contribution is 7.99. The number of halogens is 1. The maximum Gasteiger partial charge on any atom is 0.191 e. The molecule has 1 saturated heterocycles. The van der Waals surface area contributed by atoms with E-state index >= 15 is 0 Å². The van der Waals surface area contributed by atoms with Crippen LogP contribution in [-0.4, -0.2) is 45.1 Å². The van der Waals surface area contributed by atoms with Gasteiger partial charge in [-0.15, -0.1) is 10.2 Å². The third-order valence-electron chi connectivity index (χ3n) is 4.13. The predicted octanol–water partition coefficient (Wildman–Crippen LogP) is 3.72. The molecule has 24 heavy (non-hydrogen) atoms. The van der Waals surface area contributed by atoms with Crippen molar-refractivity contribution >= 4 is 23.4 Å². The zero-order valence-corrected chi connectivity index (χ0v) is 15.5. The summed E-state index contributed by atoms with van der Waals surface area (Å²) in [5.41, 5.74) is 0. The molecule has 1 aromatic carbocycles. The Kier molecular flexibility index (Phi) is 6.40. The van der Waals surface area contributed by atoms with Crippen molar-refractivity contribution in [3.05, 3.63) is 35.1 Å². The van der Waals surface area contributed by atoms with Crippen LogP contribution in [0.5, 0.6) is 5.75 Å². The van der Waals surface area contributed by atoms with E-state index in [1.54, 1.807) is 11.8 Å². The maximum absolute atomic E-state index is 5.89. The van der Waals surface area contributed by atoms with Crippen molar-refractivity contribution in [2.45, 2.75) is 38.1 Å². The molecule has 1 aromatic heterocycles. The summed E-state index contributed by atoms with van der Waals surface area (Å²) in [6.07, 6.45) is 2.67. The van der Waals surface area contributed by atoms with Crippen LogP contribution in [0.1, 0.15) is 25.6 Å². The average molecular weight is 367 g/mol. The lowest BCUT2D eigenvalue weighted by atomic mass is 10.3. The lowest BCUT2D eigenvalue weighted by Crippen LogP contribution is -2.22. The molecule has 0 aliphatic carbocycles. The van der Waals surface area contributed by atoms with Crippen LogP contribution in [0.2, 0.25) is 5.02 Å². The van der Waals surface area contributed by atoms with E-state index in [0.717, 1.165) is 35.6 Å². The minimum Gasteiger partial charge on any atom is -0.486 e. The second-order valence-electron chi connectivity index (χ2n) is 5.78. The van der Waals surface area contributed by atoms with Gasteiger partial charge < -0.3 is 14.2 Å². The van der Waals surface area contributed by atoms with E-state index < -0.39 is 0 Å². The van der Waals surface area contributed by atoms with Crippen molar-refractivity contribution in [2.24, 2.45) is 0 Å². The van der Waals surface area contributed by atoms with Crippen LogP contribution < -0.4 is 4.74 Å². The van der Waals surface area contributed by atoms with Gasteiger partial charge in [0.05, 0.1) is 0 Å². The van der Waals surface area contributed by atoms with Crippen LogP contribution in [0, 0.1) is 0 Å². The Hall–Kier alpha value is -1.24. The Labute approximate surface area is 152 Å². The van der Waals surface area contributed by atoms with Crippen molar-refractivity contribution in [3.63, 3.8) is 0 Å². The summed E-state index contributed by atoms with van der Waals surface area (Å²) in [5, 5.41) is 10.3. The Bertz CT molecular complexity index is 641. The summed E-state index contributed by atoms with van der Waals surface area (Å²) >= 11 is 7.66. The molecule has 2 aromatic rings. The summed E-state index contributed by atoms with van der Waals surface area (Å²) in [7, 11) is 0. The number of nitrogens with zero attached hydrogens (tertiary/aromatic N) is 4. The van der Waals surface area contributed by atoms with Gasteiger partial charge in [0, 0.05) is 23.9 Å². The molecule has 130 valence electrons. The lowest BCUT2D eigenvalue weighted by Gasteiger charge is -2.13. The molecule has 1 aliphatic heterocycles. The second kappa shape index (κ2) is 8.74. The van der Waals surface area contributed by atoms with Crippen molar-refractivity contribution in [1.82, 2.24) is 19.7 Å². The molecule has 0 atom stereocenters. The third kappa shape index (κ3) is 4.65. The van der Waals surface area contributed by atoms with Crippen LogP contribution in [0.15, 0.2) is 29.4 Å². The summed E-state index contributed by atoms with van der Waals surface area (Å²) in [5.74, 6) is 2.69. The molecule has 5 nitrogen and oxygen atoms in total. The molecule has 2 heterocycles. The quantitative estimate of drug-likeness (QED) is 0.666. The van der Waals surface area contributed by atoms with Gasteiger partial charge in [-0.05, 0) is 57.1 Å². The number of hydrogen-bond acceptors (Lipinski definition) is 5. The fraction of sp³-hybridized carbons (Fsp3) is 0.529. The molecule has 0 unspecified atom stereocenters. The van der Waals surface area contributed by atoms with E-state index in [1.165, 1.54) is 25.9 Å². The number of rotatable bonds is 8. The molecule has 3 rings (SSSR count). The van der Waals surface area contributed by atoms with Crippen molar-refractivity contribution in [2.75, 3.05) is 25.4 Å². The molecule has 0 radical (unpaired) electrons. The van der Waals surface area contributed by atoms with Gasteiger partial charge in [0.1, 0.15) is 12.4 Å². The molecule has 0 amide bonds. The molecule has 0 N–H and O–H groups in total. The molecule has 0 bridgehead atoms. The fourth-order valence-electron chi connectivity index (χ4n) is 2.80. The van der Waals surface area contributed by atoms with Crippen LogP contribution in [0.4, 0.5) is 0 Å².